The molecule has 3 N–H and O–H groups in total. The Balaban J connectivity index is 1.58. The fourth-order valence-corrected chi connectivity index (χ4v) is 3.63. The van der Waals surface area contributed by atoms with Crippen molar-refractivity contribution in [1.29, 1.82) is 0 Å². The highest BCUT2D eigenvalue weighted by Gasteiger charge is 2.35. The van der Waals surface area contributed by atoms with E-state index < -0.39 is 29.7 Å². The first-order valence-corrected chi connectivity index (χ1v) is 10.1. The largest absolute Gasteiger partial charge is 0.394 e. The lowest BCUT2D eigenvalue weighted by Gasteiger charge is -2.14. The summed E-state index contributed by atoms with van der Waals surface area (Å²) in [6.45, 7) is 4.39. The summed E-state index contributed by atoms with van der Waals surface area (Å²) < 4.78 is 8.34. The van der Waals surface area contributed by atoms with Crippen LogP contribution >= 0.6 is 0 Å². The third-order valence-corrected chi connectivity index (χ3v) is 5.47. The van der Waals surface area contributed by atoms with Gasteiger partial charge in [0.2, 0.25) is 0 Å². The third kappa shape index (κ3) is 4.36. The summed E-state index contributed by atoms with van der Waals surface area (Å²) in [4.78, 5) is 26.9. The van der Waals surface area contributed by atoms with Gasteiger partial charge in [0.1, 0.15) is 18.0 Å². The lowest BCUT2D eigenvalue weighted by atomic mass is 10.0. The Morgan fingerprint density at radius 1 is 1.23 bits per heavy atom. The number of H-pyrrole nitrogens is 1. The molecule has 0 spiro atoms. The number of nitrogens with zero attached hydrogens (tertiary/aromatic N) is 4. The number of aliphatic hydroxyl groups is 2. The topological polar surface area (TPSA) is 135 Å². The molecule has 1 aromatic carbocycles. The van der Waals surface area contributed by atoms with Crippen molar-refractivity contribution in [2.24, 2.45) is 0 Å². The second-order valence-corrected chi connectivity index (χ2v) is 8.02. The smallest absolute Gasteiger partial charge is 0.330 e. The number of ether oxygens (including phenoxy) is 1. The van der Waals surface area contributed by atoms with Gasteiger partial charge in [0.25, 0.3) is 5.56 Å². The standard InChI is InChI=1S/C21H25N5O5/c1-12(2)14-5-3-13(4-6-14)8-25-10-16(23-24-25)15-9-26(21(30)22-20(15)29)19-7-17(28)18(11-27)31-19/h3-6,9-10,12,17-19,27-28H,7-8,11H2,1-2H3,(H,22,29,30)/t17-,18+,19+/m0/s1. The highest BCUT2D eigenvalue weighted by atomic mass is 16.5. The normalized spacial score (nSPS) is 21.1. The van der Waals surface area contributed by atoms with Gasteiger partial charge in [-0.15, -0.1) is 5.10 Å². The molecule has 2 aromatic heterocycles. The Labute approximate surface area is 177 Å². The molecular formula is C21H25N5O5. The molecule has 31 heavy (non-hydrogen) atoms. The van der Waals surface area contributed by atoms with Crippen LogP contribution in [0.4, 0.5) is 0 Å². The van der Waals surface area contributed by atoms with Gasteiger partial charge in [-0.25, -0.2) is 9.48 Å². The molecule has 10 heteroatoms. The van der Waals surface area contributed by atoms with Crippen LogP contribution in [0.5, 0.6) is 0 Å². The summed E-state index contributed by atoms with van der Waals surface area (Å²) in [5.74, 6) is 0.451. The van der Waals surface area contributed by atoms with Gasteiger partial charge in [-0.3, -0.25) is 14.3 Å². The van der Waals surface area contributed by atoms with Crippen LogP contribution in [0, 0.1) is 0 Å². The van der Waals surface area contributed by atoms with E-state index in [1.165, 1.54) is 16.3 Å². The molecule has 3 aromatic rings. The fourth-order valence-electron chi connectivity index (χ4n) is 3.63. The molecule has 1 fully saturated rings. The van der Waals surface area contributed by atoms with Crippen LogP contribution in [0.3, 0.4) is 0 Å². The van der Waals surface area contributed by atoms with Crippen LogP contribution in [-0.2, 0) is 11.3 Å². The van der Waals surface area contributed by atoms with Gasteiger partial charge in [-0.1, -0.05) is 43.3 Å². The molecule has 0 radical (unpaired) electrons. The quantitative estimate of drug-likeness (QED) is 0.524. The van der Waals surface area contributed by atoms with Crippen molar-refractivity contribution < 1.29 is 14.9 Å². The molecule has 0 bridgehead atoms. The Morgan fingerprint density at radius 2 is 1.97 bits per heavy atom. The molecule has 4 rings (SSSR count). The Kier molecular flexibility index (Phi) is 5.86. The summed E-state index contributed by atoms with van der Waals surface area (Å²) in [6, 6.07) is 8.22. The predicted octanol–water partition coefficient (Wildman–Crippen LogP) is 0.607. The van der Waals surface area contributed by atoms with Crippen LogP contribution in [-0.4, -0.2) is 53.6 Å². The first-order chi connectivity index (χ1) is 14.9. The first kappa shape index (κ1) is 21.2. The maximum Gasteiger partial charge on any atom is 0.330 e. The minimum absolute atomic E-state index is 0.121. The molecule has 0 unspecified atom stereocenters. The summed E-state index contributed by atoms with van der Waals surface area (Å²) in [7, 11) is 0. The number of hydrogen-bond acceptors (Lipinski definition) is 7. The van der Waals surface area contributed by atoms with Crippen molar-refractivity contribution in [1.82, 2.24) is 24.5 Å². The van der Waals surface area contributed by atoms with Crippen molar-refractivity contribution >= 4 is 0 Å². The van der Waals surface area contributed by atoms with Crippen molar-refractivity contribution in [3.05, 3.63) is 68.6 Å². The average molecular weight is 427 g/mol. The van der Waals surface area contributed by atoms with Crippen LogP contribution in [0.15, 0.2) is 46.2 Å². The number of benzene rings is 1. The molecule has 0 aliphatic carbocycles. The van der Waals surface area contributed by atoms with E-state index in [2.05, 4.69) is 41.3 Å². The fraction of sp³-hybridized carbons (Fsp3) is 0.429. The van der Waals surface area contributed by atoms with E-state index in [1.54, 1.807) is 10.9 Å². The summed E-state index contributed by atoms with van der Waals surface area (Å²) in [5, 5.41) is 27.4. The number of aliphatic hydroxyl groups excluding tert-OH is 2. The molecule has 3 atom stereocenters. The van der Waals surface area contributed by atoms with Gasteiger partial charge in [-0.2, -0.15) is 0 Å². The van der Waals surface area contributed by atoms with Gasteiger partial charge in [-0.05, 0) is 17.0 Å². The molecule has 1 aliphatic heterocycles. The highest BCUT2D eigenvalue weighted by Crippen LogP contribution is 2.27. The van der Waals surface area contributed by atoms with Gasteiger partial charge >= 0.3 is 5.69 Å². The summed E-state index contributed by atoms with van der Waals surface area (Å²) in [5.41, 5.74) is 1.51. The van der Waals surface area contributed by atoms with Gasteiger partial charge in [0.05, 0.1) is 31.0 Å². The number of nitrogens with one attached hydrogen (secondary N) is 1. The van der Waals surface area contributed by atoms with Crippen LogP contribution in [0.1, 0.15) is 43.5 Å². The highest BCUT2D eigenvalue weighted by molar-refractivity contribution is 5.54. The summed E-state index contributed by atoms with van der Waals surface area (Å²) >= 11 is 0. The van der Waals surface area contributed by atoms with E-state index in [4.69, 9.17) is 4.74 Å². The predicted molar refractivity (Wildman–Crippen MR) is 112 cm³/mol. The van der Waals surface area contributed by atoms with Gasteiger partial charge in [0.15, 0.2) is 0 Å². The van der Waals surface area contributed by atoms with Crippen LogP contribution in [0.2, 0.25) is 0 Å². The Bertz CT molecular complexity index is 1160. The second-order valence-electron chi connectivity index (χ2n) is 8.02. The number of aromatic nitrogens is 5. The maximum absolute atomic E-state index is 12.4. The maximum atomic E-state index is 12.4. The molecule has 1 aliphatic rings. The molecule has 0 amide bonds. The van der Waals surface area contributed by atoms with E-state index in [0.29, 0.717) is 18.2 Å². The van der Waals surface area contributed by atoms with E-state index >= 15 is 0 Å². The van der Waals surface area contributed by atoms with Gasteiger partial charge < -0.3 is 14.9 Å². The van der Waals surface area contributed by atoms with Crippen molar-refractivity contribution in [2.45, 2.75) is 51.2 Å². The van der Waals surface area contributed by atoms with Crippen molar-refractivity contribution in [3.63, 3.8) is 0 Å². The Morgan fingerprint density at radius 3 is 2.61 bits per heavy atom. The molecule has 3 heterocycles. The van der Waals surface area contributed by atoms with E-state index in [9.17, 15) is 19.8 Å². The van der Waals surface area contributed by atoms with Crippen LogP contribution < -0.4 is 11.2 Å². The zero-order chi connectivity index (χ0) is 22.1. The van der Waals surface area contributed by atoms with E-state index in [0.717, 1.165) is 5.56 Å². The summed E-state index contributed by atoms with van der Waals surface area (Å²) in [6.07, 6.45) is 0.622. The lowest BCUT2D eigenvalue weighted by molar-refractivity contribution is -0.0458. The number of rotatable bonds is 6. The first-order valence-electron chi connectivity index (χ1n) is 10.1. The zero-order valence-electron chi connectivity index (χ0n) is 17.3. The SMILES string of the molecule is CC(C)c1ccc(Cn2cc(-c3cn([C@H]4C[C@H](O)[C@@H](CO)O4)c(=O)[nH]c3=O)nn2)cc1. The van der Waals surface area contributed by atoms with E-state index in [-0.39, 0.29) is 18.6 Å². The molecule has 10 nitrogen and oxygen atoms in total. The molecule has 0 saturated carbocycles. The minimum atomic E-state index is -0.903. The zero-order valence-corrected chi connectivity index (χ0v) is 17.3. The lowest BCUT2D eigenvalue weighted by Crippen LogP contribution is -2.33. The molecular weight excluding hydrogens is 402 g/mol. The van der Waals surface area contributed by atoms with Crippen LogP contribution in [0.25, 0.3) is 11.3 Å². The Hall–Kier alpha value is -3.08. The average Bonchev–Trinajstić information content (AvgIpc) is 3.34. The van der Waals surface area contributed by atoms with Gasteiger partial charge in [0, 0.05) is 12.6 Å². The monoisotopic (exact) mass is 427 g/mol. The molecule has 164 valence electrons. The molecule has 1 saturated heterocycles. The second kappa shape index (κ2) is 8.58. The minimum Gasteiger partial charge on any atom is -0.394 e. The number of hydrogen-bond donors (Lipinski definition) is 3. The van der Waals surface area contributed by atoms with Crippen molar-refractivity contribution in [2.75, 3.05) is 6.61 Å². The van der Waals surface area contributed by atoms with E-state index in [1.807, 2.05) is 12.1 Å². The number of aromatic amines is 1. The third-order valence-electron chi connectivity index (χ3n) is 5.47. The van der Waals surface area contributed by atoms with Crippen molar-refractivity contribution in [3.8, 4) is 11.3 Å².